The van der Waals surface area contributed by atoms with Crippen molar-refractivity contribution in [3.63, 3.8) is 0 Å². The zero-order valence-electron chi connectivity index (χ0n) is 13.9. The molecular weight excluding hydrogens is 336 g/mol. The quantitative estimate of drug-likeness (QED) is 0.766. The summed E-state index contributed by atoms with van der Waals surface area (Å²) in [6.07, 6.45) is -0.713. The molecule has 0 spiro atoms. The first-order valence-corrected chi connectivity index (χ1v) is 8.37. The largest absolute Gasteiger partial charge is 0.485 e. The van der Waals surface area contributed by atoms with Crippen LogP contribution in [0.4, 0.5) is 5.69 Å². The number of rotatable bonds is 4. The van der Waals surface area contributed by atoms with E-state index in [1.807, 2.05) is 6.07 Å². The van der Waals surface area contributed by atoms with E-state index in [0.717, 1.165) is 0 Å². The van der Waals surface area contributed by atoms with Gasteiger partial charge in [0.15, 0.2) is 17.1 Å². The Morgan fingerprint density at radius 3 is 2.77 bits per heavy atom. The zero-order chi connectivity index (χ0) is 18.1. The molecule has 7 nitrogen and oxygen atoms in total. The number of hydrogen-bond donors (Lipinski definition) is 3. The van der Waals surface area contributed by atoms with Crippen LogP contribution < -0.4 is 20.1 Å². The smallest absolute Gasteiger partial charge is 0.264 e. The minimum Gasteiger partial charge on any atom is -0.485 e. The van der Waals surface area contributed by atoms with Gasteiger partial charge in [-0.3, -0.25) is 9.59 Å². The van der Waals surface area contributed by atoms with E-state index in [4.69, 9.17) is 9.47 Å². The van der Waals surface area contributed by atoms with E-state index in [9.17, 15) is 14.7 Å². The lowest BCUT2D eigenvalue weighted by atomic mass is 9.92. The fraction of sp³-hybridized carbons (Fsp3) is 0.263. The topological polar surface area (TPSA) is 96.9 Å². The molecule has 0 aromatic heterocycles. The summed E-state index contributed by atoms with van der Waals surface area (Å²) in [4.78, 5) is 24.5. The van der Waals surface area contributed by atoms with Gasteiger partial charge in [-0.05, 0) is 18.2 Å². The second-order valence-electron chi connectivity index (χ2n) is 6.27. The molecule has 2 aromatic carbocycles. The van der Waals surface area contributed by atoms with E-state index in [1.54, 1.807) is 42.5 Å². The van der Waals surface area contributed by atoms with Crippen LogP contribution in [-0.4, -0.2) is 36.2 Å². The molecule has 0 aliphatic carbocycles. The number of aliphatic hydroxyl groups is 1. The lowest BCUT2D eigenvalue weighted by Crippen LogP contribution is -2.46. The van der Waals surface area contributed by atoms with Gasteiger partial charge in [0.05, 0.1) is 0 Å². The van der Waals surface area contributed by atoms with Gasteiger partial charge in [-0.25, -0.2) is 0 Å². The third kappa shape index (κ3) is 2.76. The lowest BCUT2D eigenvalue weighted by Gasteiger charge is -2.26. The maximum atomic E-state index is 12.3. The van der Waals surface area contributed by atoms with Gasteiger partial charge in [-0.2, -0.15) is 0 Å². The molecule has 26 heavy (non-hydrogen) atoms. The van der Waals surface area contributed by atoms with E-state index in [1.165, 1.54) is 0 Å². The van der Waals surface area contributed by atoms with E-state index in [0.29, 0.717) is 22.7 Å². The molecule has 7 heteroatoms. The van der Waals surface area contributed by atoms with Gasteiger partial charge in [-0.15, -0.1) is 0 Å². The summed E-state index contributed by atoms with van der Waals surface area (Å²) in [5.41, 5.74) is -0.544. The van der Waals surface area contributed by atoms with Crippen molar-refractivity contribution >= 4 is 17.5 Å². The predicted molar refractivity (Wildman–Crippen MR) is 92.9 cm³/mol. The first-order chi connectivity index (χ1) is 12.6. The van der Waals surface area contributed by atoms with Gasteiger partial charge < -0.3 is 25.2 Å². The molecular formula is C19H18N2O5. The Morgan fingerprint density at radius 1 is 1.19 bits per heavy atom. The van der Waals surface area contributed by atoms with Crippen LogP contribution in [0.2, 0.25) is 0 Å². The lowest BCUT2D eigenvalue weighted by molar-refractivity contribution is -0.136. The highest BCUT2D eigenvalue weighted by atomic mass is 16.6. The molecule has 0 fully saturated rings. The highest BCUT2D eigenvalue weighted by Gasteiger charge is 2.44. The molecule has 2 aliphatic heterocycles. The molecule has 2 heterocycles. The molecule has 134 valence electrons. The van der Waals surface area contributed by atoms with Crippen LogP contribution >= 0.6 is 0 Å². The first-order valence-electron chi connectivity index (χ1n) is 8.37. The number of carbonyl (C=O) groups is 2. The second-order valence-corrected chi connectivity index (χ2v) is 6.27. The van der Waals surface area contributed by atoms with E-state index < -0.39 is 17.6 Å². The molecule has 0 bridgehead atoms. The third-order valence-electron chi connectivity index (χ3n) is 4.58. The molecule has 0 saturated heterocycles. The van der Waals surface area contributed by atoms with Gasteiger partial charge in [0.25, 0.3) is 11.8 Å². The van der Waals surface area contributed by atoms with Crippen LogP contribution in [0.5, 0.6) is 11.5 Å². The van der Waals surface area contributed by atoms with Crippen molar-refractivity contribution in [2.45, 2.75) is 18.1 Å². The Bertz CT molecular complexity index is 869. The Hall–Kier alpha value is -3.06. The maximum absolute atomic E-state index is 12.3. The van der Waals surface area contributed by atoms with Crippen LogP contribution in [0.1, 0.15) is 12.0 Å². The summed E-state index contributed by atoms with van der Waals surface area (Å²) in [6, 6.07) is 14.1. The van der Waals surface area contributed by atoms with Crippen molar-refractivity contribution in [1.29, 1.82) is 0 Å². The van der Waals surface area contributed by atoms with Crippen LogP contribution in [0.25, 0.3) is 0 Å². The fourth-order valence-electron chi connectivity index (χ4n) is 3.18. The molecule has 4 rings (SSSR count). The highest BCUT2D eigenvalue weighted by Crippen LogP contribution is 2.37. The fourth-order valence-corrected chi connectivity index (χ4v) is 3.18. The third-order valence-corrected chi connectivity index (χ3v) is 4.58. The molecule has 0 radical (unpaired) electrons. The number of nitrogens with one attached hydrogen (secondary N) is 2. The van der Waals surface area contributed by atoms with Crippen molar-refractivity contribution in [2.75, 3.05) is 18.5 Å². The standard InChI is InChI=1S/C19H18N2O5/c22-17(16-11-25-14-7-3-4-8-15(14)26-16)20-10-9-19(24)12-5-1-2-6-13(12)21-18(19)23/h1-8,16,24H,9-11H2,(H,20,22)(H,21,23). The number of amides is 2. The Morgan fingerprint density at radius 2 is 1.92 bits per heavy atom. The van der Waals surface area contributed by atoms with Crippen molar-refractivity contribution in [3.05, 3.63) is 54.1 Å². The van der Waals surface area contributed by atoms with Gasteiger partial charge in [0.1, 0.15) is 6.61 Å². The zero-order valence-corrected chi connectivity index (χ0v) is 13.9. The predicted octanol–water partition coefficient (Wildman–Crippen LogP) is 1.17. The van der Waals surface area contributed by atoms with Crippen LogP contribution in [0.3, 0.4) is 0 Å². The highest BCUT2D eigenvalue weighted by molar-refractivity contribution is 6.04. The van der Waals surface area contributed by atoms with Gasteiger partial charge in [-0.1, -0.05) is 30.3 Å². The average molecular weight is 354 g/mol. The molecule has 0 saturated carbocycles. The van der Waals surface area contributed by atoms with E-state index in [2.05, 4.69) is 10.6 Å². The number of carbonyl (C=O) groups excluding carboxylic acids is 2. The minimum absolute atomic E-state index is 0.0613. The van der Waals surface area contributed by atoms with Crippen LogP contribution in [-0.2, 0) is 15.2 Å². The number of hydrogen-bond acceptors (Lipinski definition) is 5. The summed E-state index contributed by atoms with van der Waals surface area (Å²) in [5, 5.41) is 16.1. The molecule has 3 N–H and O–H groups in total. The van der Waals surface area contributed by atoms with Gasteiger partial charge >= 0.3 is 0 Å². The SMILES string of the molecule is O=C(NCCC1(O)C(=O)Nc2ccccc21)C1COc2ccccc2O1. The summed E-state index contributed by atoms with van der Waals surface area (Å²) in [6.45, 7) is 0.231. The van der Waals surface area contributed by atoms with Crippen LogP contribution in [0, 0.1) is 0 Å². The average Bonchev–Trinajstić information content (AvgIpc) is 2.92. The second kappa shape index (κ2) is 6.34. The van der Waals surface area contributed by atoms with Crippen molar-refractivity contribution < 1.29 is 24.2 Å². The Balaban J connectivity index is 1.37. The number of para-hydroxylation sites is 3. The van der Waals surface area contributed by atoms with Crippen molar-refractivity contribution in [1.82, 2.24) is 5.32 Å². The summed E-state index contributed by atoms with van der Waals surface area (Å²) in [7, 11) is 0. The van der Waals surface area contributed by atoms with Gasteiger partial charge in [0, 0.05) is 24.2 Å². The number of fused-ring (bicyclic) bond motifs is 2. The molecule has 2 aliphatic rings. The van der Waals surface area contributed by atoms with Crippen LogP contribution in [0.15, 0.2) is 48.5 Å². The number of benzene rings is 2. The normalized spacial score (nSPS) is 23.1. The van der Waals surface area contributed by atoms with E-state index >= 15 is 0 Å². The molecule has 2 unspecified atom stereocenters. The summed E-state index contributed by atoms with van der Waals surface area (Å²) < 4.78 is 11.2. The molecule has 2 amide bonds. The molecule has 2 atom stereocenters. The number of ether oxygens (including phenoxy) is 2. The summed E-state index contributed by atoms with van der Waals surface area (Å²) in [5.74, 6) is 0.278. The van der Waals surface area contributed by atoms with E-state index in [-0.39, 0.29) is 25.5 Å². The number of anilines is 1. The van der Waals surface area contributed by atoms with Gasteiger partial charge in [0.2, 0.25) is 6.10 Å². The monoisotopic (exact) mass is 354 g/mol. The summed E-state index contributed by atoms with van der Waals surface area (Å²) >= 11 is 0. The molecule has 2 aromatic rings. The van der Waals surface area contributed by atoms with Crippen molar-refractivity contribution in [2.24, 2.45) is 0 Å². The Kier molecular flexibility index (Phi) is 4.00. The maximum Gasteiger partial charge on any atom is 0.264 e. The Labute approximate surface area is 149 Å². The first kappa shape index (κ1) is 16.4. The minimum atomic E-state index is -1.65. The van der Waals surface area contributed by atoms with Crippen molar-refractivity contribution in [3.8, 4) is 11.5 Å².